The van der Waals surface area contributed by atoms with Gasteiger partial charge in [0.25, 0.3) is 0 Å². The molecule has 3 nitrogen and oxygen atoms in total. The largest absolute Gasteiger partial charge is 0.208 e. The minimum absolute atomic E-state index is 0.654. The molecule has 3 heteroatoms. The van der Waals surface area contributed by atoms with Crippen molar-refractivity contribution in [2.24, 2.45) is 0 Å². The van der Waals surface area contributed by atoms with Crippen LogP contribution in [-0.2, 0) is 0 Å². The van der Waals surface area contributed by atoms with Gasteiger partial charge in [0.2, 0.25) is 0 Å². The molecule has 0 fully saturated rings. The first-order valence-electron chi connectivity index (χ1n) is 14.1. The van der Waals surface area contributed by atoms with Crippen LogP contribution >= 0.6 is 0 Å². The fourth-order valence-corrected chi connectivity index (χ4v) is 5.94. The molecule has 0 saturated carbocycles. The zero-order valence-corrected chi connectivity index (χ0v) is 22.8. The molecule has 1 aromatic heterocycles. The molecule has 0 N–H and O–H groups in total. The normalized spacial score (nSPS) is 11.3. The molecule has 0 spiro atoms. The van der Waals surface area contributed by atoms with Crippen LogP contribution in [0.5, 0.6) is 0 Å². The van der Waals surface area contributed by atoms with Crippen molar-refractivity contribution in [3.05, 3.63) is 152 Å². The Labute approximate surface area is 243 Å². The third-order valence-corrected chi connectivity index (χ3v) is 7.93. The van der Waals surface area contributed by atoms with Crippen molar-refractivity contribution >= 4 is 32.3 Å². The molecule has 0 unspecified atom stereocenters. The number of hydrogen-bond acceptors (Lipinski definition) is 3. The highest BCUT2D eigenvalue weighted by atomic mass is 15.0. The van der Waals surface area contributed by atoms with Crippen molar-refractivity contribution < 1.29 is 0 Å². The highest BCUT2D eigenvalue weighted by molar-refractivity contribution is 6.20. The van der Waals surface area contributed by atoms with Gasteiger partial charge in [-0.2, -0.15) is 0 Å². The summed E-state index contributed by atoms with van der Waals surface area (Å²) in [6, 6.07) is 52.7. The van der Waals surface area contributed by atoms with Gasteiger partial charge in [-0.1, -0.05) is 152 Å². The molecule has 8 aromatic rings. The lowest BCUT2D eigenvalue weighted by molar-refractivity contribution is 1.08. The van der Waals surface area contributed by atoms with E-state index in [0.29, 0.717) is 17.5 Å². The third-order valence-electron chi connectivity index (χ3n) is 7.93. The van der Waals surface area contributed by atoms with Gasteiger partial charge in [-0.15, -0.1) is 0 Å². The lowest BCUT2D eigenvalue weighted by Crippen LogP contribution is -2.01. The van der Waals surface area contributed by atoms with E-state index in [2.05, 4.69) is 121 Å². The first kappa shape index (κ1) is 24.2. The Kier molecular flexibility index (Phi) is 5.79. The third kappa shape index (κ3) is 4.11. The number of fused-ring (bicyclic) bond motifs is 5. The number of rotatable bonds is 4. The molecule has 196 valence electrons. The van der Waals surface area contributed by atoms with E-state index in [4.69, 9.17) is 15.0 Å². The van der Waals surface area contributed by atoms with Crippen LogP contribution in [0.25, 0.3) is 77.6 Å². The zero-order valence-electron chi connectivity index (χ0n) is 22.8. The van der Waals surface area contributed by atoms with Gasteiger partial charge >= 0.3 is 0 Å². The van der Waals surface area contributed by atoms with Crippen molar-refractivity contribution in [2.75, 3.05) is 0 Å². The molecule has 0 radical (unpaired) electrons. The summed E-state index contributed by atoms with van der Waals surface area (Å²) in [7, 11) is 0. The van der Waals surface area contributed by atoms with E-state index in [1.54, 1.807) is 0 Å². The van der Waals surface area contributed by atoms with Crippen LogP contribution in [0.4, 0.5) is 0 Å². The summed E-state index contributed by atoms with van der Waals surface area (Å²) in [5.41, 5.74) is 5.13. The second kappa shape index (κ2) is 10.1. The van der Waals surface area contributed by atoms with Crippen molar-refractivity contribution in [3.63, 3.8) is 0 Å². The highest BCUT2D eigenvalue weighted by Crippen LogP contribution is 2.38. The fourth-order valence-electron chi connectivity index (χ4n) is 5.94. The van der Waals surface area contributed by atoms with Gasteiger partial charge in [0, 0.05) is 22.1 Å². The molecule has 42 heavy (non-hydrogen) atoms. The Hall–Kier alpha value is -5.67. The van der Waals surface area contributed by atoms with E-state index in [9.17, 15) is 0 Å². The molecule has 1 heterocycles. The van der Waals surface area contributed by atoms with E-state index in [-0.39, 0.29) is 0 Å². The Bertz CT molecular complexity index is 2240. The second-order valence-electron chi connectivity index (χ2n) is 10.4. The van der Waals surface area contributed by atoms with Crippen LogP contribution in [-0.4, -0.2) is 15.0 Å². The molecule has 0 atom stereocenters. The van der Waals surface area contributed by atoms with Crippen molar-refractivity contribution in [1.82, 2.24) is 15.0 Å². The Morgan fingerprint density at radius 2 is 0.833 bits per heavy atom. The standard InChI is InChI=1S/C39H25N3/c1-3-12-26(13-4-1)31-19-9-10-20-34(31)38-40-37(29-15-5-2-6-16-29)41-39(42-38)35-21-11-17-28-23-24-32-30-18-8-7-14-27(30)22-25-33(32)36(28)35/h1-25H. The number of nitrogens with zero attached hydrogens (tertiary/aromatic N) is 3. The smallest absolute Gasteiger partial charge is 0.164 e. The molecule has 0 aliphatic carbocycles. The van der Waals surface area contributed by atoms with E-state index in [0.717, 1.165) is 38.6 Å². The van der Waals surface area contributed by atoms with E-state index >= 15 is 0 Å². The topological polar surface area (TPSA) is 38.7 Å². The number of hydrogen-bond donors (Lipinski definition) is 0. The summed E-state index contributed by atoms with van der Waals surface area (Å²) in [5, 5.41) is 7.18. The maximum absolute atomic E-state index is 5.18. The van der Waals surface area contributed by atoms with Gasteiger partial charge in [0.05, 0.1) is 0 Å². The summed E-state index contributed by atoms with van der Waals surface area (Å²) in [6.45, 7) is 0. The molecule has 0 saturated heterocycles. The summed E-state index contributed by atoms with van der Waals surface area (Å²) in [4.78, 5) is 15.3. The number of benzene rings is 7. The van der Waals surface area contributed by atoms with Crippen LogP contribution in [0, 0.1) is 0 Å². The van der Waals surface area contributed by atoms with E-state index < -0.39 is 0 Å². The van der Waals surface area contributed by atoms with Crippen molar-refractivity contribution in [2.45, 2.75) is 0 Å². The van der Waals surface area contributed by atoms with Gasteiger partial charge < -0.3 is 0 Å². The van der Waals surface area contributed by atoms with Crippen LogP contribution < -0.4 is 0 Å². The maximum Gasteiger partial charge on any atom is 0.164 e. The minimum atomic E-state index is 0.654. The molecule has 0 bridgehead atoms. The second-order valence-corrected chi connectivity index (χ2v) is 10.4. The van der Waals surface area contributed by atoms with Crippen molar-refractivity contribution in [1.29, 1.82) is 0 Å². The van der Waals surface area contributed by atoms with Gasteiger partial charge in [0.15, 0.2) is 17.5 Å². The van der Waals surface area contributed by atoms with Crippen LogP contribution in [0.2, 0.25) is 0 Å². The maximum atomic E-state index is 5.18. The quantitative estimate of drug-likeness (QED) is 0.211. The lowest BCUT2D eigenvalue weighted by atomic mass is 9.94. The Morgan fingerprint density at radius 1 is 0.286 bits per heavy atom. The van der Waals surface area contributed by atoms with Crippen molar-refractivity contribution in [3.8, 4) is 45.3 Å². The van der Waals surface area contributed by atoms with E-state index in [1.165, 1.54) is 21.5 Å². The van der Waals surface area contributed by atoms with Crippen LogP contribution in [0.15, 0.2) is 152 Å². The van der Waals surface area contributed by atoms with Crippen LogP contribution in [0.3, 0.4) is 0 Å². The minimum Gasteiger partial charge on any atom is -0.208 e. The van der Waals surface area contributed by atoms with Gasteiger partial charge in [-0.25, -0.2) is 15.0 Å². The van der Waals surface area contributed by atoms with Gasteiger partial charge in [-0.05, 0) is 38.1 Å². The fraction of sp³-hybridized carbons (Fsp3) is 0. The summed E-state index contributed by atoms with van der Waals surface area (Å²) >= 11 is 0. The molecular weight excluding hydrogens is 510 g/mol. The average molecular weight is 536 g/mol. The summed E-state index contributed by atoms with van der Waals surface area (Å²) in [6.07, 6.45) is 0. The predicted octanol–water partition coefficient (Wildman–Crippen LogP) is 10.00. The monoisotopic (exact) mass is 535 g/mol. The summed E-state index contributed by atoms with van der Waals surface area (Å²) < 4.78 is 0. The molecule has 0 amide bonds. The Morgan fingerprint density at radius 3 is 1.64 bits per heavy atom. The lowest BCUT2D eigenvalue weighted by Gasteiger charge is -2.14. The predicted molar refractivity (Wildman–Crippen MR) is 174 cm³/mol. The zero-order chi connectivity index (χ0) is 27.9. The average Bonchev–Trinajstić information content (AvgIpc) is 3.08. The molecule has 0 aliphatic rings. The number of aromatic nitrogens is 3. The van der Waals surface area contributed by atoms with Crippen LogP contribution in [0.1, 0.15) is 0 Å². The highest BCUT2D eigenvalue weighted by Gasteiger charge is 2.18. The first-order valence-corrected chi connectivity index (χ1v) is 14.1. The van der Waals surface area contributed by atoms with E-state index in [1.807, 2.05) is 30.3 Å². The summed E-state index contributed by atoms with van der Waals surface area (Å²) in [5.74, 6) is 1.97. The molecule has 8 rings (SSSR count). The molecule has 0 aliphatic heterocycles. The van der Waals surface area contributed by atoms with Gasteiger partial charge in [0.1, 0.15) is 0 Å². The SMILES string of the molecule is c1ccc(-c2nc(-c3ccccc3-c3ccccc3)nc(-c3cccc4ccc5c6ccccc6ccc5c34)n2)cc1. The first-order chi connectivity index (χ1) is 20.8. The molecule has 7 aromatic carbocycles. The molecular formula is C39H25N3. The van der Waals surface area contributed by atoms with Gasteiger partial charge in [-0.3, -0.25) is 0 Å². The Balaban J connectivity index is 1.43.